The number of ether oxygens (including phenoxy) is 3. The molecule has 40 heavy (non-hydrogen) atoms. The first-order chi connectivity index (χ1) is 19.1. The van der Waals surface area contributed by atoms with Gasteiger partial charge in [-0.1, -0.05) is 61.3 Å². The summed E-state index contributed by atoms with van der Waals surface area (Å²) >= 11 is 12.7. The molecule has 1 aromatic heterocycles. The van der Waals surface area contributed by atoms with E-state index in [2.05, 4.69) is 23.6 Å². The number of halogens is 4. The number of esters is 1. The van der Waals surface area contributed by atoms with Crippen molar-refractivity contribution in [2.45, 2.75) is 52.6 Å². The highest BCUT2D eigenvalue weighted by molar-refractivity contribution is 6.37. The van der Waals surface area contributed by atoms with Crippen LogP contribution in [0.1, 0.15) is 61.8 Å². The summed E-state index contributed by atoms with van der Waals surface area (Å²) in [5.74, 6) is -0.0960. The third kappa shape index (κ3) is 8.18. The quantitative estimate of drug-likeness (QED) is 0.156. The first kappa shape index (κ1) is 29.8. The minimum absolute atomic E-state index is 0.111. The van der Waals surface area contributed by atoms with E-state index in [4.69, 9.17) is 32.7 Å². The molecular formula is C31H31Cl2F2NO4. The van der Waals surface area contributed by atoms with Crippen LogP contribution in [0.25, 0.3) is 11.8 Å². The van der Waals surface area contributed by atoms with Crippen LogP contribution in [0.3, 0.4) is 0 Å². The Balaban J connectivity index is 1.67. The molecule has 0 bridgehead atoms. The molecule has 1 unspecified atom stereocenters. The molecule has 1 saturated carbocycles. The molecule has 1 atom stereocenters. The number of pyridine rings is 1. The molecule has 5 nitrogen and oxygen atoms in total. The Bertz CT molecular complexity index is 1340. The van der Waals surface area contributed by atoms with Crippen molar-refractivity contribution in [1.29, 1.82) is 0 Å². The van der Waals surface area contributed by atoms with Crippen molar-refractivity contribution in [3.05, 3.63) is 87.2 Å². The molecule has 0 spiro atoms. The van der Waals surface area contributed by atoms with Gasteiger partial charge < -0.3 is 14.2 Å². The van der Waals surface area contributed by atoms with E-state index in [-0.39, 0.29) is 27.3 Å². The van der Waals surface area contributed by atoms with Gasteiger partial charge in [0, 0.05) is 23.5 Å². The number of carbonyl (C=O) groups is 1. The van der Waals surface area contributed by atoms with E-state index in [1.165, 1.54) is 42.2 Å². The molecule has 2 aromatic carbocycles. The average molecular weight is 590 g/mol. The zero-order chi connectivity index (χ0) is 28.8. The molecule has 1 aliphatic rings. The first-order valence-corrected chi connectivity index (χ1v) is 13.9. The van der Waals surface area contributed by atoms with Gasteiger partial charge in [-0.2, -0.15) is 8.78 Å². The van der Waals surface area contributed by atoms with Crippen LogP contribution in [0.5, 0.6) is 11.5 Å². The number of aromatic nitrogens is 1. The van der Waals surface area contributed by atoms with Crippen molar-refractivity contribution in [3.63, 3.8) is 0 Å². The summed E-state index contributed by atoms with van der Waals surface area (Å²) in [5.41, 5.74) is 2.77. The highest BCUT2D eigenvalue weighted by atomic mass is 35.5. The molecule has 0 aliphatic heterocycles. The minimum Gasteiger partial charge on any atom is -0.489 e. The molecule has 1 heterocycles. The molecule has 0 radical (unpaired) electrons. The summed E-state index contributed by atoms with van der Waals surface area (Å²) in [7, 11) is 0. The van der Waals surface area contributed by atoms with Crippen LogP contribution in [-0.2, 0) is 16.0 Å². The third-order valence-electron chi connectivity index (χ3n) is 6.47. The molecule has 4 rings (SSSR count). The number of hydrogen-bond acceptors (Lipinski definition) is 5. The average Bonchev–Trinajstić information content (AvgIpc) is 3.73. The van der Waals surface area contributed by atoms with Gasteiger partial charge in [-0.05, 0) is 73.4 Å². The summed E-state index contributed by atoms with van der Waals surface area (Å²) in [4.78, 5) is 17.3. The maximum Gasteiger partial charge on any atom is 0.387 e. The number of benzene rings is 2. The zero-order valence-electron chi connectivity index (χ0n) is 22.5. The van der Waals surface area contributed by atoms with Crippen molar-refractivity contribution in [2.75, 3.05) is 6.61 Å². The van der Waals surface area contributed by atoms with Gasteiger partial charge in [0.2, 0.25) is 0 Å². The number of rotatable bonds is 12. The van der Waals surface area contributed by atoms with Gasteiger partial charge >= 0.3 is 12.6 Å². The SMILES string of the molecule is CC(C)Cc1ccc(C(C)C(=O)O/C(=C\c2c(Cl)cncc2Cl)c2ccc(OC(F)F)c(OCC3CC3)c2)cc1. The van der Waals surface area contributed by atoms with E-state index < -0.39 is 18.5 Å². The molecule has 1 aliphatic carbocycles. The lowest BCUT2D eigenvalue weighted by molar-refractivity contribution is -0.137. The number of alkyl halides is 2. The van der Waals surface area contributed by atoms with E-state index in [0.717, 1.165) is 24.8 Å². The van der Waals surface area contributed by atoms with Crippen molar-refractivity contribution in [3.8, 4) is 11.5 Å². The maximum absolute atomic E-state index is 13.4. The fourth-order valence-corrected chi connectivity index (χ4v) is 4.54. The summed E-state index contributed by atoms with van der Waals surface area (Å²) in [5, 5.41) is 0.496. The van der Waals surface area contributed by atoms with E-state index >= 15 is 0 Å². The minimum atomic E-state index is -3.02. The summed E-state index contributed by atoms with van der Waals surface area (Å²) < 4.78 is 42.5. The smallest absolute Gasteiger partial charge is 0.387 e. The second-order valence-electron chi connectivity index (χ2n) is 10.3. The second kappa shape index (κ2) is 13.5. The predicted octanol–water partition coefficient (Wildman–Crippen LogP) is 8.82. The summed E-state index contributed by atoms with van der Waals surface area (Å²) in [6.07, 6.45) is 7.34. The third-order valence-corrected chi connectivity index (χ3v) is 7.07. The fraction of sp³-hybridized carbons (Fsp3) is 0.355. The Morgan fingerprint density at radius 1 is 1.02 bits per heavy atom. The number of hydrogen-bond donors (Lipinski definition) is 0. The Morgan fingerprint density at radius 3 is 2.30 bits per heavy atom. The van der Waals surface area contributed by atoms with Crippen molar-refractivity contribution in [2.24, 2.45) is 11.8 Å². The molecule has 3 aromatic rings. The first-order valence-electron chi connectivity index (χ1n) is 13.1. The van der Waals surface area contributed by atoms with Crippen LogP contribution >= 0.6 is 23.2 Å². The lowest BCUT2D eigenvalue weighted by Gasteiger charge is -2.17. The molecule has 0 saturated heterocycles. The standard InChI is InChI=1S/C31H31Cl2F2NO4/c1-18(2)12-20-6-8-22(9-7-20)19(3)30(37)39-28(14-24-25(32)15-36-16-26(24)33)23-10-11-27(40-31(34)35)29(13-23)38-17-21-4-5-21/h6-11,13-16,18-19,21,31H,4-5,12,17H2,1-3H3/b28-14-. The monoisotopic (exact) mass is 589 g/mol. The number of nitrogens with zero attached hydrogens (tertiary/aromatic N) is 1. The van der Waals surface area contributed by atoms with Gasteiger partial charge in [0.15, 0.2) is 11.5 Å². The van der Waals surface area contributed by atoms with Crippen LogP contribution in [0.15, 0.2) is 54.9 Å². The topological polar surface area (TPSA) is 57.7 Å². The van der Waals surface area contributed by atoms with Crippen LogP contribution in [0.2, 0.25) is 10.0 Å². The number of carbonyl (C=O) groups excluding carboxylic acids is 1. The molecular weight excluding hydrogens is 559 g/mol. The maximum atomic E-state index is 13.4. The Labute approximate surface area is 243 Å². The molecule has 0 N–H and O–H groups in total. The van der Waals surface area contributed by atoms with Crippen LogP contribution < -0.4 is 9.47 Å². The largest absolute Gasteiger partial charge is 0.489 e. The normalized spacial score (nSPS) is 14.4. The molecule has 212 valence electrons. The lowest BCUT2D eigenvalue weighted by atomic mass is 9.97. The van der Waals surface area contributed by atoms with Crippen molar-refractivity contribution < 1.29 is 27.8 Å². The van der Waals surface area contributed by atoms with Crippen molar-refractivity contribution >= 4 is 41.0 Å². The van der Waals surface area contributed by atoms with E-state index in [1.54, 1.807) is 6.92 Å². The highest BCUT2D eigenvalue weighted by Gasteiger charge is 2.25. The fourth-order valence-electron chi connectivity index (χ4n) is 4.07. The predicted molar refractivity (Wildman–Crippen MR) is 153 cm³/mol. The molecule has 1 fully saturated rings. The van der Waals surface area contributed by atoms with Gasteiger partial charge in [0.25, 0.3) is 0 Å². The van der Waals surface area contributed by atoms with Gasteiger partial charge in [-0.25, -0.2) is 0 Å². The van der Waals surface area contributed by atoms with Crippen LogP contribution in [-0.4, -0.2) is 24.2 Å². The summed E-state index contributed by atoms with van der Waals surface area (Å²) in [6, 6.07) is 12.2. The Morgan fingerprint density at radius 2 is 1.70 bits per heavy atom. The Hall–Kier alpha value is -3.16. The van der Waals surface area contributed by atoms with Gasteiger partial charge in [-0.15, -0.1) is 0 Å². The molecule has 0 amide bonds. The van der Waals surface area contributed by atoms with Crippen LogP contribution in [0.4, 0.5) is 8.78 Å². The lowest BCUT2D eigenvalue weighted by Crippen LogP contribution is -2.13. The van der Waals surface area contributed by atoms with E-state index in [9.17, 15) is 13.6 Å². The molecule has 9 heteroatoms. The van der Waals surface area contributed by atoms with Gasteiger partial charge in [0.05, 0.1) is 22.6 Å². The Kier molecular flexibility index (Phi) is 10.0. The highest BCUT2D eigenvalue weighted by Crippen LogP contribution is 2.37. The van der Waals surface area contributed by atoms with E-state index in [0.29, 0.717) is 29.6 Å². The van der Waals surface area contributed by atoms with E-state index in [1.807, 2.05) is 24.3 Å². The van der Waals surface area contributed by atoms with Crippen molar-refractivity contribution in [1.82, 2.24) is 4.98 Å². The van der Waals surface area contributed by atoms with Gasteiger partial charge in [-0.3, -0.25) is 9.78 Å². The second-order valence-corrected chi connectivity index (χ2v) is 11.1. The van der Waals surface area contributed by atoms with Crippen LogP contribution in [0, 0.1) is 11.8 Å². The van der Waals surface area contributed by atoms with Gasteiger partial charge in [0.1, 0.15) is 5.76 Å². The zero-order valence-corrected chi connectivity index (χ0v) is 24.0. The summed E-state index contributed by atoms with van der Waals surface area (Å²) in [6.45, 7) is 3.40.